The van der Waals surface area contributed by atoms with Crippen molar-refractivity contribution in [3.8, 4) is 0 Å². The molecule has 0 bridgehead atoms. The number of aliphatic carboxylic acids is 1. The molecule has 4 N–H and O–H groups in total. The molecule has 3 atom stereocenters. The summed E-state index contributed by atoms with van der Waals surface area (Å²) in [4.78, 5) is 47.8. The summed E-state index contributed by atoms with van der Waals surface area (Å²) >= 11 is 1.45. The van der Waals surface area contributed by atoms with E-state index in [-0.39, 0.29) is 29.4 Å². The van der Waals surface area contributed by atoms with E-state index in [0.717, 1.165) is 5.75 Å². The van der Waals surface area contributed by atoms with E-state index in [4.69, 9.17) is 0 Å². The SMILES string of the molecule is CCC(=O)NC(C(=O)N[C@@H](C)C(=O)N[C@@H](CSCC(C)(C)C)C(=O)O)C(C)C. The Morgan fingerprint density at radius 2 is 1.54 bits per heavy atom. The molecule has 0 aromatic carbocycles. The van der Waals surface area contributed by atoms with Crippen LogP contribution in [0.25, 0.3) is 0 Å². The Morgan fingerprint density at radius 3 is 1.96 bits per heavy atom. The predicted octanol–water partition coefficient (Wildman–Crippen LogP) is 1.39. The van der Waals surface area contributed by atoms with Crippen molar-refractivity contribution in [1.82, 2.24) is 16.0 Å². The van der Waals surface area contributed by atoms with Crippen molar-refractivity contribution >= 4 is 35.5 Å². The second-order valence-electron chi connectivity index (χ2n) is 8.35. The van der Waals surface area contributed by atoms with E-state index in [0.29, 0.717) is 0 Å². The van der Waals surface area contributed by atoms with E-state index in [2.05, 4.69) is 36.7 Å². The van der Waals surface area contributed by atoms with E-state index >= 15 is 0 Å². The summed E-state index contributed by atoms with van der Waals surface area (Å²) < 4.78 is 0. The maximum atomic E-state index is 12.4. The standard InChI is InChI=1S/C19H35N3O5S/c1-8-14(23)22-15(11(2)3)17(25)20-12(4)16(24)21-13(18(26)27)9-28-10-19(5,6)7/h11-13,15H,8-10H2,1-7H3,(H,20,25)(H,21,24)(H,22,23)(H,26,27)/t12-,13-,15?/m0/s1. The first-order chi connectivity index (χ1) is 12.8. The van der Waals surface area contributed by atoms with Crippen molar-refractivity contribution in [2.75, 3.05) is 11.5 Å². The molecule has 0 aromatic heterocycles. The number of carbonyl (C=O) groups excluding carboxylic acids is 3. The van der Waals surface area contributed by atoms with Gasteiger partial charge in [0.15, 0.2) is 0 Å². The normalized spacial score (nSPS) is 14.7. The van der Waals surface area contributed by atoms with Crippen LogP contribution in [0.4, 0.5) is 0 Å². The Morgan fingerprint density at radius 1 is 0.964 bits per heavy atom. The second kappa shape index (κ2) is 11.9. The number of thioether (sulfide) groups is 1. The summed E-state index contributed by atoms with van der Waals surface area (Å²) in [5.74, 6) is -1.61. The minimum atomic E-state index is -1.12. The number of hydrogen-bond acceptors (Lipinski definition) is 5. The Balaban J connectivity index is 4.81. The third-order valence-corrected chi connectivity index (χ3v) is 5.41. The van der Waals surface area contributed by atoms with Gasteiger partial charge in [-0.15, -0.1) is 0 Å². The fourth-order valence-electron chi connectivity index (χ4n) is 2.13. The fourth-order valence-corrected chi connectivity index (χ4v) is 3.33. The fraction of sp³-hybridized carbons (Fsp3) is 0.789. The molecule has 0 aliphatic carbocycles. The highest BCUT2D eigenvalue weighted by Gasteiger charge is 2.28. The van der Waals surface area contributed by atoms with Crippen molar-refractivity contribution < 1.29 is 24.3 Å². The van der Waals surface area contributed by atoms with Gasteiger partial charge in [0.1, 0.15) is 18.1 Å². The third-order valence-electron chi connectivity index (χ3n) is 3.77. The summed E-state index contributed by atoms with van der Waals surface area (Å²) in [5, 5.41) is 17.0. The first-order valence-corrected chi connectivity index (χ1v) is 10.6. The molecule has 8 nitrogen and oxygen atoms in total. The van der Waals surface area contributed by atoms with E-state index in [1.807, 2.05) is 0 Å². The number of carbonyl (C=O) groups is 4. The molecule has 0 aliphatic rings. The molecule has 0 aliphatic heterocycles. The van der Waals surface area contributed by atoms with Crippen LogP contribution in [0.5, 0.6) is 0 Å². The van der Waals surface area contributed by atoms with Crippen LogP contribution >= 0.6 is 11.8 Å². The van der Waals surface area contributed by atoms with Gasteiger partial charge in [0.2, 0.25) is 17.7 Å². The lowest BCUT2D eigenvalue weighted by atomic mass is 10.0. The van der Waals surface area contributed by atoms with E-state index in [9.17, 15) is 24.3 Å². The number of rotatable bonds is 11. The van der Waals surface area contributed by atoms with Crippen LogP contribution in [0, 0.1) is 11.3 Å². The third kappa shape index (κ3) is 10.5. The molecule has 3 amide bonds. The molecule has 0 saturated carbocycles. The van der Waals surface area contributed by atoms with Crippen LogP contribution < -0.4 is 16.0 Å². The Labute approximate surface area is 172 Å². The Bertz CT molecular complexity index is 560. The Kier molecular flexibility index (Phi) is 11.2. The zero-order chi connectivity index (χ0) is 22.1. The van der Waals surface area contributed by atoms with E-state index in [1.165, 1.54) is 18.7 Å². The first-order valence-electron chi connectivity index (χ1n) is 9.49. The highest BCUT2D eigenvalue weighted by atomic mass is 32.2. The summed E-state index contributed by atoms with van der Waals surface area (Å²) in [5.41, 5.74) is 0.0494. The smallest absolute Gasteiger partial charge is 0.327 e. The molecule has 1 unspecified atom stereocenters. The zero-order valence-corrected chi connectivity index (χ0v) is 18.7. The zero-order valence-electron chi connectivity index (χ0n) is 17.9. The molecule has 0 spiro atoms. The average Bonchev–Trinajstić information content (AvgIpc) is 2.56. The highest BCUT2D eigenvalue weighted by molar-refractivity contribution is 7.99. The molecule has 9 heteroatoms. The summed E-state index contributed by atoms with van der Waals surface area (Å²) in [6.45, 7) is 12.9. The molecular formula is C19H35N3O5S. The highest BCUT2D eigenvalue weighted by Crippen LogP contribution is 2.20. The van der Waals surface area contributed by atoms with Crippen molar-refractivity contribution in [1.29, 1.82) is 0 Å². The van der Waals surface area contributed by atoms with Crippen molar-refractivity contribution in [2.24, 2.45) is 11.3 Å². The summed E-state index contributed by atoms with van der Waals surface area (Å²) in [6.07, 6.45) is 0.249. The maximum Gasteiger partial charge on any atom is 0.327 e. The van der Waals surface area contributed by atoms with Gasteiger partial charge < -0.3 is 21.1 Å². The molecule has 0 saturated heterocycles. The van der Waals surface area contributed by atoms with Crippen LogP contribution in [0.15, 0.2) is 0 Å². The topological polar surface area (TPSA) is 125 Å². The lowest BCUT2D eigenvalue weighted by Crippen LogP contribution is -2.56. The quantitative estimate of drug-likeness (QED) is 0.403. The molecule has 0 heterocycles. The van der Waals surface area contributed by atoms with Gasteiger partial charge >= 0.3 is 5.97 Å². The minimum Gasteiger partial charge on any atom is -0.480 e. The molecule has 0 fully saturated rings. The largest absolute Gasteiger partial charge is 0.480 e. The summed E-state index contributed by atoms with van der Waals surface area (Å²) in [7, 11) is 0. The lowest BCUT2D eigenvalue weighted by Gasteiger charge is -2.24. The van der Waals surface area contributed by atoms with E-state index in [1.54, 1.807) is 20.8 Å². The molecular weight excluding hydrogens is 382 g/mol. The predicted molar refractivity (Wildman–Crippen MR) is 111 cm³/mol. The molecule has 28 heavy (non-hydrogen) atoms. The van der Waals surface area contributed by atoms with Crippen LogP contribution in [-0.2, 0) is 19.2 Å². The minimum absolute atomic E-state index is 0.0494. The van der Waals surface area contributed by atoms with Gasteiger partial charge in [-0.05, 0) is 24.0 Å². The first kappa shape index (κ1) is 26.2. The van der Waals surface area contributed by atoms with Gasteiger partial charge in [-0.2, -0.15) is 11.8 Å². The van der Waals surface area contributed by atoms with Gasteiger partial charge in [-0.25, -0.2) is 4.79 Å². The Hall–Kier alpha value is -1.77. The molecule has 162 valence electrons. The number of nitrogens with one attached hydrogen (secondary N) is 3. The maximum absolute atomic E-state index is 12.4. The van der Waals surface area contributed by atoms with Gasteiger partial charge in [-0.1, -0.05) is 41.5 Å². The molecule has 0 radical (unpaired) electrons. The van der Waals surface area contributed by atoms with Crippen LogP contribution in [0.2, 0.25) is 0 Å². The van der Waals surface area contributed by atoms with E-state index < -0.39 is 35.9 Å². The van der Waals surface area contributed by atoms with Crippen molar-refractivity contribution in [3.05, 3.63) is 0 Å². The van der Waals surface area contributed by atoms with Gasteiger partial charge in [0.25, 0.3) is 0 Å². The summed E-state index contributed by atoms with van der Waals surface area (Å²) in [6, 6.07) is -2.73. The van der Waals surface area contributed by atoms with Crippen LogP contribution in [0.1, 0.15) is 54.9 Å². The van der Waals surface area contributed by atoms with Crippen LogP contribution in [-0.4, -0.2) is 58.4 Å². The number of amides is 3. The molecule has 0 rings (SSSR count). The number of carboxylic acid groups (broad SMARTS) is 1. The number of hydrogen-bond donors (Lipinski definition) is 4. The van der Waals surface area contributed by atoms with Crippen molar-refractivity contribution in [3.63, 3.8) is 0 Å². The average molecular weight is 418 g/mol. The van der Waals surface area contributed by atoms with Crippen LogP contribution in [0.3, 0.4) is 0 Å². The second-order valence-corrected chi connectivity index (χ2v) is 9.38. The number of carboxylic acids is 1. The monoisotopic (exact) mass is 417 g/mol. The molecule has 0 aromatic rings. The van der Waals surface area contributed by atoms with Gasteiger partial charge in [-0.3, -0.25) is 14.4 Å². The van der Waals surface area contributed by atoms with Crippen molar-refractivity contribution in [2.45, 2.75) is 73.0 Å². The van der Waals surface area contributed by atoms with Gasteiger partial charge in [0.05, 0.1) is 0 Å². The van der Waals surface area contributed by atoms with Gasteiger partial charge in [0, 0.05) is 12.2 Å². The lowest BCUT2D eigenvalue weighted by molar-refractivity contribution is -0.141.